The molecule has 1 nitrogen and oxygen atoms in total. The van der Waals surface area contributed by atoms with Gasteiger partial charge in [-0.3, -0.25) is 0 Å². The van der Waals surface area contributed by atoms with Crippen LogP contribution in [0, 0.1) is 5.92 Å². The summed E-state index contributed by atoms with van der Waals surface area (Å²) in [5.74, 6) is 0.694. The lowest BCUT2D eigenvalue weighted by Crippen LogP contribution is -2.06. The van der Waals surface area contributed by atoms with E-state index in [1.807, 2.05) is 0 Å². The molecule has 2 rings (SSSR count). The summed E-state index contributed by atoms with van der Waals surface area (Å²) < 4.78 is 5.49. The lowest BCUT2D eigenvalue weighted by atomic mass is 9.92. The average Bonchev–Trinajstić information content (AvgIpc) is 2.34. The van der Waals surface area contributed by atoms with Gasteiger partial charge in [-0.15, -0.1) is 0 Å². The van der Waals surface area contributed by atoms with Crippen molar-refractivity contribution in [3.05, 3.63) is 23.8 Å². The molecular weight excluding hydrogens is 124 g/mol. The Balaban J connectivity index is 2.25. The van der Waals surface area contributed by atoms with E-state index in [1.165, 1.54) is 12.0 Å². The average molecular weight is 136 g/mol. The van der Waals surface area contributed by atoms with Gasteiger partial charge in [0.15, 0.2) is 0 Å². The second kappa shape index (κ2) is 2.24. The molecule has 0 aromatic heterocycles. The molecule has 0 radical (unpaired) electrons. The van der Waals surface area contributed by atoms with E-state index in [2.05, 4.69) is 25.2 Å². The molecule has 0 saturated carbocycles. The zero-order chi connectivity index (χ0) is 6.97. The van der Waals surface area contributed by atoms with Crippen LogP contribution in [0.1, 0.15) is 13.3 Å². The van der Waals surface area contributed by atoms with Gasteiger partial charge in [0.05, 0.1) is 12.7 Å². The lowest BCUT2D eigenvalue weighted by Gasteiger charge is -2.11. The predicted molar refractivity (Wildman–Crippen MR) is 40.7 cm³/mol. The third-order valence-electron chi connectivity index (χ3n) is 2.33. The van der Waals surface area contributed by atoms with Gasteiger partial charge in [0, 0.05) is 5.92 Å². The van der Waals surface area contributed by atoms with Gasteiger partial charge < -0.3 is 4.74 Å². The highest BCUT2D eigenvalue weighted by Crippen LogP contribution is 2.31. The number of ether oxygens (including phenoxy) is 1. The second-order valence-corrected chi connectivity index (χ2v) is 3.00. The molecular formula is C9H12O. The van der Waals surface area contributed by atoms with Crippen molar-refractivity contribution < 1.29 is 4.74 Å². The summed E-state index contributed by atoms with van der Waals surface area (Å²) >= 11 is 0. The molecule has 0 N–H and O–H groups in total. The first-order valence-corrected chi connectivity index (χ1v) is 3.86. The Hall–Kier alpha value is -0.560. The molecule has 0 aromatic carbocycles. The van der Waals surface area contributed by atoms with Crippen molar-refractivity contribution in [2.24, 2.45) is 5.92 Å². The van der Waals surface area contributed by atoms with Crippen LogP contribution in [-0.2, 0) is 4.74 Å². The molecule has 1 heterocycles. The zero-order valence-electron chi connectivity index (χ0n) is 6.21. The largest absolute Gasteiger partial charge is 0.374 e. The molecule has 2 unspecified atom stereocenters. The van der Waals surface area contributed by atoms with E-state index in [0.29, 0.717) is 12.0 Å². The molecule has 0 aromatic rings. The minimum absolute atomic E-state index is 0.370. The summed E-state index contributed by atoms with van der Waals surface area (Å²) in [6.45, 7) is 3.06. The summed E-state index contributed by atoms with van der Waals surface area (Å²) in [6.07, 6.45) is 8.10. The molecule has 1 aliphatic carbocycles. The molecule has 0 spiro atoms. The van der Waals surface area contributed by atoms with Crippen LogP contribution in [0.15, 0.2) is 23.8 Å². The fourth-order valence-corrected chi connectivity index (χ4v) is 1.68. The summed E-state index contributed by atoms with van der Waals surface area (Å²) in [6, 6.07) is 0. The van der Waals surface area contributed by atoms with Crippen molar-refractivity contribution in [2.45, 2.75) is 19.4 Å². The Morgan fingerprint density at radius 1 is 1.60 bits per heavy atom. The summed E-state index contributed by atoms with van der Waals surface area (Å²) in [7, 11) is 0. The highest BCUT2D eigenvalue weighted by atomic mass is 16.5. The topological polar surface area (TPSA) is 9.23 Å². The van der Waals surface area contributed by atoms with Gasteiger partial charge in [-0.1, -0.05) is 18.2 Å². The standard InChI is InChI=1S/C9H12O/c1-7-9-5-3-2-4-8(9)6-10-7/h2-3,5,7-8H,4,6H2,1H3. The lowest BCUT2D eigenvalue weighted by molar-refractivity contribution is 0.128. The van der Waals surface area contributed by atoms with Crippen molar-refractivity contribution in [2.75, 3.05) is 6.61 Å². The maximum atomic E-state index is 5.49. The monoisotopic (exact) mass is 136 g/mol. The van der Waals surface area contributed by atoms with E-state index in [-0.39, 0.29) is 0 Å². The van der Waals surface area contributed by atoms with Crippen LogP contribution >= 0.6 is 0 Å². The van der Waals surface area contributed by atoms with Gasteiger partial charge in [-0.2, -0.15) is 0 Å². The molecule has 10 heavy (non-hydrogen) atoms. The maximum absolute atomic E-state index is 5.49. The number of allylic oxidation sites excluding steroid dienone is 3. The SMILES string of the molecule is CC1OCC2CC=CC=C21. The van der Waals surface area contributed by atoms with Crippen molar-refractivity contribution in [1.29, 1.82) is 0 Å². The van der Waals surface area contributed by atoms with Crippen LogP contribution < -0.4 is 0 Å². The summed E-state index contributed by atoms with van der Waals surface area (Å²) in [5, 5.41) is 0. The van der Waals surface area contributed by atoms with E-state index >= 15 is 0 Å². The third-order valence-corrected chi connectivity index (χ3v) is 2.33. The van der Waals surface area contributed by atoms with Gasteiger partial charge in [0.25, 0.3) is 0 Å². The normalized spacial score (nSPS) is 37.5. The van der Waals surface area contributed by atoms with Crippen molar-refractivity contribution in [3.8, 4) is 0 Å². The second-order valence-electron chi connectivity index (χ2n) is 3.00. The van der Waals surface area contributed by atoms with Crippen LogP contribution in [0.3, 0.4) is 0 Å². The van der Waals surface area contributed by atoms with Gasteiger partial charge >= 0.3 is 0 Å². The molecule has 2 aliphatic rings. The van der Waals surface area contributed by atoms with Crippen LogP contribution in [0.2, 0.25) is 0 Å². The smallest absolute Gasteiger partial charge is 0.0763 e. The molecule has 0 bridgehead atoms. The highest BCUT2D eigenvalue weighted by molar-refractivity contribution is 5.26. The zero-order valence-corrected chi connectivity index (χ0v) is 6.21. The number of rotatable bonds is 0. The van der Waals surface area contributed by atoms with E-state index in [9.17, 15) is 0 Å². The van der Waals surface area contributed by atoms with Crippen LogP contribution in [0.4, 0.5) is 0 Å². The summed E-state index contributed by atoms with van der Waals surface area (Å²) in [5.41, 5.74) is 1.49. The van der Waals surface area contributed by atoms with Gasteiger partial charge in [0.2, 0.25) is 0 Å². The first kappa shape index (κ1) is 6.17. The molecule has 0 amide bonds. The van der Waals surface area contributed by atoms with E-state index < -0.39 is 0 Å². The minimum atomic E-state index is 0.370. The molecule has 1 aliphatic heterocycles. The number of hydrogen-bond acceptors (Lipinski definition) is 1. The predicted octanol–water partition coefficient (Wildman–Crippen LogP) is 1.91. The van der Waals surface area contributed by atoms with Gasteiger partial charge in [-0.25, -0.2) is 0 Å². The fourth-order valence-electron chi connectivity index (χ4n) is 1.68. The molecule has 2 atom stereocenters. The Labute approximate surface area is 61.4 Å². The Morgan fingerprint density at radius 2 is 2.50 bits per heavy atom. The minimum Gasteiger partial charge on any atom is -0.374 e. The van der Waals surface area contributed by atoms with Gasteiger partial charge in [-0.05, 0) is 18.9 Å². The van der Waals surface area contributed by atoms with Crippen molar-refractivity contribution >= 4 is 0 Å². The van der Waals surface area contributed by atoms with Crippen molar-refractivity contribution in [3.63, 3.8) is 0 Å². The fraction of sp³-hybridized carbons (Fsp3) is 0.556. The molecule has 1 saturated heterocycles. The third kappa shape index (κ3) is 0.816. The van der Waals surface area contributed by atoms with Crippen LogP contribution in [0.25, 0.3) is 0 Å². The van der Waals surface area contributed by atoms with Crippen molar-refractivity contribution in [1.82, 2.24) is 0 Å². The number of hydrogen-bond donors (Lipinski definition) is 0. The van der Waals surface area contributed by atoms with E-state index in [1.54, 1.807) is 0 Å². The Morgan fingerprint density at radius 3 is 3.30 bits per heavy atom. The van der Waals surface area contributed by atoms with E-state index in [4.69, 9.17) is 4.74 Å². The van der Waals surface area contributed by atoms with E-state index in [0.717, 1.165) is 6.61 Å². The Bertz CT molecular complexity index is 191. The first-order chi connectivity index (χ1) is 4.88. The van der Waals surface area contributed by atoms with Crippen LogP contribution in [0.5, 0.6) is 0 Å². The molecule has 1 fully saturated rings. The highest BCUT2D eigenvalue weighted by Gasteiger charge is 2.27. The van der Waals surface area contributed by atoms with Gasteiger partial charge in [0.1, 0.15) is 0 Å². The quantitative estimate of drug-likeness (QED) is 0.494. The Kier molecular flexibility index (Phi) is 1.38. The number of fused-ring (bicyclic) bond motifs is 1. The van der Waals surface area contributed by atoms with Crippen LogP contribution in [-0.4, -0.2) is 12.7 Å². The summed E-state index contributed by atoms with van der Waals surface area (Å²) in [4.78, 5) is 0. The molecule has 54 valence electrons. The maximum Gasteiger partial charge on any atom is 0.0763 e. The molecule has 1 heteroatoms. The first-order valence-electron chi connectivity index (χ1n) is 3.86.